The second kappa shape index (κ2) is 9.55. The van der Waals surface area contributed by atoms with Crippen LogP contribution in [0.1, 0.15) is 49.8 Å². The van der Waals surface area contributed by atoms with Crippen LogP contribution in [-0.4, -0.2) is 55.7 Å². The Morgan fingerprint density at radius 3 is 2.89 bits per heavy atom. The highest BCUT2D eigenvalue weighted by Gasteiger charge is 2.38. The van der Waals surface area contributed by atoms with Gasteiger partial charge in [-0.25, -0.2) is 4.99 Å². The Labute approximate surface area is 166 Å². The van der Waals surface area contributed by atoms with Gasteiger partial charge >= 0.3 is 0 Å². The highest BCUT2D eigenvalue weighted by molar-refractivity contribution is 7.09. The smallest absolute Gasteiger partial charge is 0.243 e. The largest absolute Gasteiger partial charge is 0.375 e. The van der Waals surface area contributed by atoms with Gasteiger partial charge in [-0.3, -0.25) is 4.79 Å². The molecule has 2 heterocycles. The lowest BCUT2D eigenvalue weighted by molar-refractivity contribution is -0.127. The molecule has 0 bridgehead atoms. The maximum Gasteiger partial charge on any atom is 0.243 e. The minimum Gasteiger partial charge on any atom is -0.375 e. The minimum absolute atomic E-state index is 0.00273. The number of aliphatic imine (C=N–C) groups is 1. The van der Waals surface area contributed by atoms with Crippen molar-refractivity contribution in [2.24, 2.45) is 4.99 Å². The summed E-state index contributed by atoms with van der Waals surface area (Å²) in [4.78, 5) is 19.3. The highest BCUT2D eigenvalue weighted by atomic mass is 32.1. The van der Waals surface area contributed by atoms with Crippen LogP contribution in [-0.2, 0) is 16.1 Å². The molecule has 2 fully saturated rings. The van der Waals surface area contributed by atoms with Crippen molar-refractivity contribution >= 4 is 23.2 Å². The quantitative estimate of drug-likeness (QED) is 0.597. The van der Waals surface area contributed by atoms with E-state index < -0.39 is 0 Å². The molecule has 1 saturated carbocycles. The fraction of sp³-hybridized carbons (Fsp3) is 0.700. The molecular formula is C20H32N4O2S. The van der Waals surface area contributed by atoms with E-state index in [9.17, 15) is 4.79 Å². The lowest BCUT2D eigenvalue weighted by atomic mass is 9.78. The predicted octanol–water partition coefficient (Wildman–Crippen LogP) is 2.75. The third-order valence-electron chi connectivity index (χ3n) is 5.48. The number of nitrogens with zero attached hydrogens (tertiary/aromatic N) is 2. The van der Waals surface area contributed by atoms with E-state index in [4.69, 9.17) is 4.74 Å². The lowest BCUT2D eigenvalue weighted by Gasteiger charge is -2.44. The van der Waals surface area contributed by atoms with E-state index in [0.29, 0.717) is 12.6 Å². The summed E-state index contributed by atoms with van der Waals surface area (Å²) < 4.78 is 6.21. The van der Waals surface area contributed by atoms with Gasteiger partial charge in [-0.1, -0.05) is 25.3 Å². The molecule has 2 aliphatic rings. The first-order chi connectivity index (χ1) is 13.1. The maximum atomic E-state index is 12.0. The zero-order valence-corrected chi connectivity index (χ0v) is 17.3. The van der Waals surface area contributed by atoms with Crippen LogP contribution in [0, 0.1) is 0 Å². The predicted molar refractivity (Wildman–Crippen MR) is 110 cm³/mol. The molecule has 1 aliphatic heterocycles. The van der Waals surface area contributed by atoms with Gasteiger partial charge in [-0.15, -0.1) is 11.3 Å². The van der Waals surface area contributed by atoms with Crippen molar-refractivity contribution in [3.8, 4) is 0 Å². The molecule has 6 nitrogen and oxygen atoms in total. The number of hydrogen-bond acceptors (Lipinski definition) is 4. The first-order valence-electron chi connectivity index (χ1n) is 9.98. The topological polar surface area (TPSA) is 66.0 Å². The SMILES string of the molecule is CN(C)C(=O)CN=C(NCc1cccs1)NC1CCOC2(CCCCC2)C1. The molecule has 3 rings (SSSR count). The highest BCUT2D eigenvalue weighted by Crippen LogP contribution is 2.38. The number of likely N-dealkylation sites (N-methyl/N-ethyl adjacent to an activating group) is 1. The van der Waals surface area contributed by atoms with Gasteiger partial charge in [-0.05, 0) is 37.1 Å². The van der Waals surface area contributed by atoms with Gasteiger partial charge in [0, 0.05) is 31.6 Å². The normalized spacial score (nSPS) is 22.4. The molecule has 1 amide bonds. The van der Waals surface area contributed by atoms with Crippen LogP contribution >= 0.6 is 11.3 Å². The van der Waals surface area contributed by atoms with Crippen molar-refractivity contribution in [1.82, 2.24) is 15.5 Å². The van der Waals surface area contributed by atoms with Crippen LogP contribution < -0.4 is 10.6 Å². The molecule has 0 aromatic carbocycles. The molecule has 1 aliphatic carbocycles. The standard InChI is InChI=1S/C20H32N4O2S/c1-24(2)18(25)15-22-19(21-14-17-7-6-12-27-17)23-16-8-11-26-20(13-16)9-4-3-5-10-20/h6-7,12,16H,3-5,8-11,13-15H2,1-2H3,(H2,21,22,23). The molecule has 1 aromatic rings. The maximum absolute atomic E-state index is 12.0. The zero-order chi connectivity index (χ0) is 19.1. The number of ether oxygens (including phenoxy) is 1. The fourth-order valence-electron chi connectivity index (χ4n) is 3.91. The Morgan fingerprint density at radius 2 is 2.19 bits per heavy atom. The van der Waals surface area contributed by atoms with Gasteiger partial charge in [0.05, 0.1) is 12.1 Å². The third kappa shape index (κ3) is 5.94. The number of carbonyl (C=O) groups excluding carboxylic acids is 1. The van der Waals surface area contributed by atoms with E-state index in [1.54, 1.807) is 30.3 Å². The van der Waals surface area contributed by atoms with Crippen LogP contribution in [0.2, 0.25) is 0 Å². The summed E-state index contributed by atoms with van der Waals surface area (Å²) in [5.41, 5.74) is 0.0481. The third-order valence-corrected chi connectivity index (χ3v) is 6.36. The monoisotopic (exact) mass is 392 g/mol. The van der Waals surface area contributed by atoms with Gasteiger partial charge in [0.2, 0.25) is 5.91 Å². The van der Waals surface area contributed by atoms with Crippen molar-refractivity contribution in [1.29, 1.82) is 0 Å². The molecule has 1 saturated heterocycles. The zero-order valence-electron chi connectivity index (χ0n) is 16.5. The Balaban J connectivity index is 1.62. The van der Waals surface area contributed by atoms with E-state index in [-0.39, 0.29) is 18.1 Å². The molecule has 1 spiro atoms. The summed E-state index contributed by atoms with van der Waals surface area (Å²) >= 11 is 1.72. The van der Waals surface area contributed by atoms with Crippen LogP contribution in [0.5, 0.6) is 0 Å². The molecular weight excluding hydrogens is 360 g/mol. The van der Waals surface area contributed by atoms with Crippen molar-refractivity contribution in [3.63, 3.8) is 0 Å². The number of nitrogens with one attached hydrogen (secondary N) is 2. The summed E-state index contributed by atoms with van der Waals surface area (Å²) in [7, 11) is 3.52. The number of guanidine groups is 1. The van der Waals surface area contributed by atoms with Crippen LogP contribution in [0.25, 0.3) is 0 Å². The Hall–Kier alpha value is -1.60. The summed E-state index contributed by atoms with van der Waals surface area (Å²) in [5.74, 6) is 0.722. The molecule has 0 radical (unpaired) electrons. The Bertz CT molecular complexity index is 618. The minimum atomic E-state index is 0.00273. The molecule has 1 atom stereocenters. The fourth-order valence-corrected chi connectivity index (χ4v) is 4.56. The van der Waals surface area contributed by atoms with Gasteiger partial charge in [0.15, 0.2) is 5.96 Å². The number of thiophene rings is 1. The number of rotatable bonds is 5. The van der Waals surface area contributed by atoms with Gasteiger partial charge < -0.3 is 20.3 Å². The average Bonchev–Trinajstić information content (AvgIpc) is 3.18. The summed E-state index contributed by atoms with van der Waals surface area (Å²) in [6.45, 7) is 1.67. The van der Waals surface area contributed by atoms with Crippen molar-refractivity contribution < 1.29 is 9.53 Å². The van der Waals surface area contributed by atoms with Gasteiger partial charge in [0.1, 0.15) is 6.54 Å². The second-order valence-electron chi connectivity index (χ2n) is 7.81. The van der Waals surface area contributed by atoms with E-state index in [0.717, 1.165) is 25.4 Å². The van der Waals surface area contributed by atoms with E-state index >= 15 is 0 Å². The van der Waals surface area contributed by atoms with Crippen molar-refractivity contribution in [3.05, 3.63) is 22.4 Å². The Morgan fingerprint density at radius 1 is 1.37 bits per heavy atom. The summed E-state index contributed by atoms with van der Waals surface area (Å²) in [6.07, 6.45) is 8.18. The van der Waals surface area contributed by atoms with Gasteiger partial charge in [-0.2, -0.15) is 0 Å². The van der Waals surface area contributed by atoms with Crippen LogP contribution in [0.15, 0.2) is 22.5 Å². The van der Waals surface area contributed by atoms with Crippen molar-refractivity contribution in [2.45, 2.75) is 63.1 Å². The molecule has 1 aromatic heterocycles. The van der Waals surface area contributed by atoms with Crippen LogP contribution in [0.4, 0.5) is 0 Å². The molecule has 150 valence electrons. The van der Waals surface area contributed by atoms with Crippen molar-refractivity contribution in [2.75, 3.05) is 27.2 Å². The number of amides is 1. The lowest BCUT2D eigenvalue weighted by Crippen LogP contribution is -2.52. The molecule has 2 N–H and O–H groups in total. The molecule has 1 unspecified atom stereocenters. The summed E-state index contributed by atoms with van der Waals surface area (Å²) in [6, 6.07) is 4.49. The first-order valence-corrected chi connectivity index (χ1v) is 10.9. The molecule has 7 heteroatoms. The van der Waals surface area contributed by atoms with E-state index in [1.807, 2.05) is 6.07 Å². The number of hydrogen-bond donors (Lipinski definition) is 2. The summed E-state index contributed by atoms with van der Waals surface area (Å²) in [5, 5.41) is 9.04. The van der Waals surface area contributed by atoms with E-state index in [2.05, 4.69) is 27.1 Å². The first kappa shape index (κ1) is 20.1. The number of carbonyl (C=O) groups is 1. The van der Waals surface area contributed by atoms with E-state index in [1.165, 1.54) is 37.0 Å². The second-order valence-corrected chi connectivity index (χ2v) is 8.84. The van der Waals surface area contributed by atoms with Crippen LogP contribution in [0.3, 0.4) is 0 Å². The average molecular weight is 393 g/mol. The van der Waals surface area contributed by atoms with Gasteiger partial charge in [0.25, 0.3) is 0 Å². The Kier molecular flexibility index (Phi) is 7.13. The molecule has 27 heavy (non-hydrogen) atoms.